The summed E-state index contributed by atoms with van der Waals surface area (Å²) in [5.74, 6) is -1.26. The molecule has 1 N–H and O–H groups in total. The van der Waals surface area contributed by atoms with Gasteiger partial charge in [-0.25, -0.2) is 4.79 Å². The number of carbonyl (C=O) groups is 2. The van der Waals surface area contributed by atoms with Crippen LogP contribution < -0.4 is 0 Å². The van der Waals surface area contributed by atoms with Gasteiger partial charge in [-0.3, -0.25) is 4.79 Å². The topological polar surface area (TPSA) is 72.8 Å². The van der Waals surface area contributed by atoms with Crippen LogP contribution in [0.4, 0.5) is 0 Å². The predicted octanol–water partition coefficient (Wildman–Crippen LogP) is 3.89. The number of esters is 1. The lowest BCUT2D eigenvalue weighted by Crippen LogP contribution is -2.04. The van der Waals surface area contributed by atoms with Crippen LogP contribution in [0.3, 0.4) is 0 Å². The number of thiol groups is 1. The van der Waals surface area contributed by atoms with Crippen LogP contribution in [0.2, 0.25) is 0 Å². The fraction of sp³-hybridized carbons (Fsp3) is 0.429. The first kappa shape index (κ1) is 23.4. The number of aliphatic hydroxyl groups excluding tert-OH is 1. The fourth-order valence-electron chi connectivity index (χ4n) is 0.463. The van der Waals surface area contributed by atoms with E-state index in [1.54, 1.807) is 13.0 Å². The maximum Gasteiger partial charge on any atom is 0.340 e. The van der Waals surface area contributed by atoms with Crippen molar-refractivity contribution in [2.45, 2.75) is 40.5 Å². The molecular weight excluding hydrogens is 280 g/mol. The Morgan fingerprint density at radius 3 is 2.00 bits per heavy atom. The standard InChI is InChI=1S/C8H12O3.C3H6O2S.C3H6/c1-4-5-7(9)11-8(10)6(2)3;1-2-3(4)5-6;1-3-2/h5,9H,2,4H2,1,3H3;6H,2H2,1H3;3H,1H2,2H3. The summed E-state index contributed by atoms with van der Waals surface area (Å²) >= 11 is 3.25. The molecule has 0 aromatic rings. The van der Waals surface area contributed by atoms with Crippen molar-refractivity contribution < 1.29 is 23.6 Å². The molecule has 0 unspecified atom stereocenters. The van der Waals surface area contributed by atoms with Crippen LogP contribution in [0.1, 0.15) is 40.5 Å². The Kier molecular flexibility index (Phi) is 20.3. The number of aliphatic hydroxyl groups is 1. The zero-order chi connectivity index (χ0) is 16.6. The number of hydrogen-bond acceptors (Lipinski definition) is 6. The molecule has 0 bridgehead atoms. The van der Waals surface area contributed by atoms with Crippen LogP contribution in [0.15, 0.2) is 36.8 Å². The van der Waals surface area contributed by atoms with E-state index in [2.05, 4.69) is 35.0 Å². The fourth-order valence-corrected chi connectivity index (χ4v) is 0.592. The van der Waals surface area contributed by atoms with Gasteiger partial charge in [0.15, 0.2) is 0 Å². The van der Waals surface area contributed by atoms with Crippen LogP contribution in [0.5, 0.6) is 0 Å². The second kappa shape index (κ2) is 17.3. The van der Waals surface area contributed by atoms with Crippen molar-refractivity contribution in [1.29, 1.82) is 0 Å². The van der Waals surface area contributed by atoms with Gasteiger partial charge in [0.05, 0.1) is 0 Å². The number of hydrogen-bond donors (Lipinski definition) is 2. The summed E-state index contributed by atoms with van der Waals surface area (Å²) in [7, 11) is 0. The van der Waals surface area contributed by atoms with Gasteiger partial charge in [0.25, 0.3) is 5.95 Å². The molecule has 0 aromatic heterocycles. The Morgan fingerprint density at radius 2 is 1.80 bits per heavy atom. The van der Waals surface area contributed by atoms with Crippen LogP contribution in [0, 0.1) is 0 Å². The van der Waals surface area contributed by atoms with Gasteiger partial charge in [-0.05, 0) is 26.3 Å². The highest BCUT2D eigenvalue weighted by molar-refractivity contribution is 7.75. The quantitative estimate of drug-likeness (QED) is 0.206. The van der Waals surface area contributed by atoms with Gasteiger partial charge in [0.2, 0.25) is 0 Å². The second-order valence-corrected chi connectivity index (χ2v) is 3.53. The molecular formula is C14H24O5S. The molecule has 0 fully saturated rings. The third kappa shape index (κ3) is 21.6. The summed E-state index contributed by atoms with van der Waals surface area (Å²) in [5.41, 5.74) is 0.265. The van der Waals surface area contributed by atoms with Crippen molar-refractivity contribution in [3.63, 3.8) is 0 Å². The van der Waals surface area contributed by atoms with E-state index >= 15 is 0 Å². The van der Waals surface area contributed by atoms with E-state index in [1.807, 2.05) is 13.8 Å². The maximum atomic E-state index is 10.7. The molecule has 0 heterocycles. The molecule has 0 radical (unpaired) electrons. The Morgan fingerprint density at radius 1 is 1.35 bits per heavy atom. The van der Waals surface area contributed by atoms with E-state index in [1.165, 1.54) is 13.0 Å². The molecule has 0 saturated carbocycles. The minimum Gasteiger partial charge on any atom is -0.481 e. The lowest BCUT2D eigenvalue weighted by molar-refractivity contribution is -0.138. The van der Waals surface area contributed by atoms with Crippen LogP contribution in [-0.2, 0) is 18.5 Å². The van der Waals surface area contributed by atoms with Gasteiger partial charge in [0.1, 0.15) is 0 Å². The molecule has 5 nitrogen and oxygen atoms in total. The molecule has 116 valence electrons. The molecule has 6 heteroatoms. The summed E-state index contributed by atoms with van der Waals surface area (Å²) in [6.07, 6.45) is 4.17. The number of rotatable bonds is 4. The van der Waals surface area contributed by atoms with Crippen molar-refractivity contribution in [2.75, 3.05) is 0 Å². The number of allylic oxidation sites excluding steroid dienone is 2. The zero-order valence-electron chi connectivity index (χ0n) is 12.5. The lowest BCUT2D eigenvalue weighted by atomic mass is 10.4. The first-order valence-electron chi connectivity index (χ1n) is 5.98. The average molecular weight is 304 g/mol. The van der Waals surface area contributed by atoms with Crippen LogP contribution in [0.25, 0.3) is 0 Å². The Bertz CT molecular complexity index is 328. The normalized spacial score (nSPS) is 8.95. The van der Waals surface area contributed by atoms with E-state index < -0.39 is 5.97 Å². The van der Waals surface area contributed by atoms with Gasteiger partial charge in [0, 0.05) is 24.9 Å². The van der Waals surface area contributed by atoms with Crippen molar-refractivity contribution in [3.8, 4) is 0 Å². The number of ether oxygens (including phenoxy) is 1. The smallest absolute Gasteiger partial charge is 0.340 e. The summed E-state index contributed by atoms with van der Waals surface area (Å²) < 4.78 is 8.39. The molecule has 0 aliphatic carbocycles. The Labute approximate surface area is 126 Å². The van der Waals surface area contributed by atoms with E-state index in [0.29, 0.717) is 12.8 Å². The highest BCUT2D eigenvalue weighted by atomic mass is 32.1. The van der Waals surface area contributed by atoms with Crippen LogP contribution >= 0.6 is 12.9 Å². The highest BCUT2D eigenvalue weighted by Crippen LogP contribution is 1.99. The molecule has 0 aromatic carbocycles. The van der Waals surface area contributed by atoms with E-state index in [-0.39, 0.29) is 17.5 Å². The second-order valence-electron chi connectivity index (χ2n) is 3.35. The van der Waals surface area contributed by atoms with Gasteiger partial charge in [-0.15, -0.1) is 6.58 Å². The molecule has 0 spiro atoms. The summed E-state index contributed by atoms with van der Waals surface area (Å²) in [5, 5.41) is 8.85. The third-order valence-electron chi connectivity index (χ3n) is 1.31. The third-order valence-corrected chi connectivity index (χ3v) is 1.52. The Hall–Kier alpha value is -1.69. The zero-order valence-corrected chi connectivity index (χ0v) is 13.4. The molecule has 20 heavy (non-hydrogen) atoms. The van der Waals surface area contributed by atoms with Crippen molar-refractivity contribution >= 4 is 24.8 Å². The minimum absolute atomic E-state index is 0.265. The predicted molar refractivity (Wildman–Crippen MR) is 83.1 cm³/mol. The SMILES string of the molecule is C=C(C)C(=O)OC(O)=CCC.C=CC.CCC(=O)OS. The molecule has 0 aliphatic heterocycles. The maximum absolute atomic E-state index is 10.7. The molecule has 0 amide bonds. The largest absolute Gasteiger partial charge is 0.481 e. The first-order chi connectivity index (χ1) is 9.30. The average Bonchev–Trinajstić information content (AvgIpc) is 2.39. The van der Waals surface area contributed by atoms with Gasteiger partial charge in [-0.1, -0.05) is 26.5 Å². The lowest BCUT2D eigenvalue weighted by Gasteiger charge is -2.00. The highest BCUT2D eigenvalue weighted by Gasteiger charge is 2.04. The summed E-state index contributed by atoms with van der Waals surface area (Å²) in [6.45, 7) is 13.7. The monoisotopic (exact) mass is 304 g/mol. The van der Waals surface area contributed by atoms with Gasteiger partial charge >= 0.3 is 11.9 Å². The summed E-state index contributed by atoms with van der Waals surface area (Å²) in [6, 6.07) is 0. The molecule has 0 atom stereocenters. The minimum atomic E-state index is -0.604. The van der Waals surface area contributed by atoms with Gasteiger partial charge < -0.3 is 14.0 Å². The van der Waals surface area contributed by atoms with Crippen molar-refractivity contribution in [1.82, 2.24) is 0 Å². The Balaban J connectivity index is -0.000000270. The summed E-state index contributed by atoms with van der Waals surface area (Å²) in [4.78, 5) is 20.6. The van der Waals surface area contributed by atoms with Crippen LogP contribution in [-0.4, -0.2) is 17.0 Å². The van der Waals surface area contributed by atoms with Gasteiger partial charge in [-0.2, -0.15) is 0 Å². The van der Waals surface area contributed by atoms with E-state index in [0.717, 1.165) is 0 Å². The number of carbonyl (C=O) groups excluding carboxylic acids is 2. The molecule has 0 saturated heterocycles. The molecule has 0 aliphatic rings. The van der Waals surface area contributed by atoms with E-state index in [4.69, 9.17) is 5.11 Å². The van der Waals surface area contributed by atoms with E-state index in [9.17, 15) is 9.59 Å². The molecule has 0 rings (SSSR count). The van der Waals surface area contributed by atoms with Crippen molar-refractivity contribution in [2.24, 2.45) is 0 Å². The first-order valence-corrected chi connectivity index (χ1v) is 6.35. The van der Waals surface area contributed by atoms with Crippen molar-refractivity contribution in [3.05, 3.63) is 36.8 Å².